The van der Waals surface area contributed by atoms with E-state index in [0.717, 1.165) is 31.9 Å². The number of ether oxygens (including phenoxy) is 1. The van der Waals surface area contributed by atoms with E-state index < -0.39 is 0 Å². The van der Waals surface area contributed by atoms with Crippen LogP contribution in [0.15, 0.2) is 16.6 Å². The maximum absolute atomic E-state index is 13.4. The van der Waals surface area contributed by atoms with Gasteiger partial charge in [-0.15, -0.1) is 0 Å². The van der Waals surface area contributed by atoms with Crippen molar-refractivity contribution in [3.63, 3.8) is 0 Å². The van der Waals surface area contributed by atoms with Gasteiger partial charge in [0.2, 0.25) is 0 Å². The third-order valence-corrected chi connectivity index (χ3v) is 3.24. The van der Waals surface area contributed by atoms with Crippen molar-refractivity contribution in [3.8, 4) is 5.75 Å². The second kappa shape index (κ2) is 5.01. The van der Waals surface area contributed by atoms with Crippen LogP contribution in [-0.4, -0.2) is 33.3 Å². The summed E-state index contributed by atoms with van der Waals surface area (Å²) in [6, 6.07) is 2.94. The lowest BCUT2D eigenvalue weighted by atomic mass is 10.2. The van der Waals surface area contributed by atoms with Gasteiger partial charge in [0.25, 0.3) is 0 Å². The smallest absolute Gasteiger partial charge is 0.156 e. The second-order valence-corrected chi connectivity index (χ2v) is 4.53. The number of methoxy groups -OCH3 is 1. The predicted octanol–water partition coefficient (Wildman–Crippen LogP) is 2.01. The zero-order valence-corrected chi connectivity index (χ0v) is 10.7. The molecular formula is C11H14BrFN2O. The number of hydrogen-bond donors (Lipinski definition) is 1. The van der Waals surface area contributed by atoms with Crippen LogP contribution < -0.4 is 15.0 Å². The number of nitrogens with zero attached hydrogens (tertiary/aromatic N) is 1. The van der Waals surface area contributed by atoms with Crippen LogP contribution in [0.4, 0.5) is 10.1 Å². The van der Waals surface area contributed by atoms with Crippen molar-refractivity contribution in [1.82, 2.24) is 5.32 Å². The standard InChI is InChI=1S/C11H14BrFN2O/c1-16-11-9(12)6-8(13)7-10(11)15-4-2-14-3-5-15/h6-7,14H,2-5H2,1H3. The minimum absolute atomic E-state index is 0.249. The van der Waals surface area contributed by atoms with Gasteiger partial charge in [-0.3, -0.25) is 0 Å². The van der Waals surface area contributed by atoms with Crippen LogP contribution in [0.3, 0.4) is 0 Å². The molecule has 2 rings (SSSR count). The Morgan fingerprint density at radius 1 is 1.38 bits per heavy atom. The Hall–Kier alpha value is -0.810. The van der Waals surface area contributed by atoms with Gasteiger partial charge in [-0.05, 0) is 22.0 Å². The van der Waals surface area contributed by atoms with Crippen LogP contribution in [0.5, 0.6) is 5.75 Å². The molecule has 0 unspecified atom stereocenters. The minimum Gasteiger partial charge on any atom is -0.493 e. The molecule has 0 aliphatic carbocycles. The molecule has 1 heterocycles. The molecule has 0 bridgehead atoms. The topological polar surface area (TPSA) is 24.5 Å². The fourth-order valence-electron chi connectivity index (χ4n) is 1.89. The van der Waals surface area contributed by atoms with E-state index in [1.807, 2.05) is 0 Å². The first-order valence-electron chi connectivity index (χ1n) is 5.21. The number of rotatable bonds is 2. The Morgan fingerprint density at radius 2 is 2.06 bits per heavy atom. The summed E-state index contributed by atoms with van der Waals surface area (Å²) in [5, 5.41) is 3.26. The quantitative estimate of drug-likeness (QED) is 0.901. The van der Waals surface area contributed by atoms with Crippen LogP contribution in [0.2, 0.25) is 0 Å². The lowest BCUT2D eigenvalue weighted by Gasteiger charge is -2.30. The Morgan fingerprint density at radius 3 is 2.69 bits per heavy atom. The van der Waals surface area contributed by atoms with Gasteiger partial charge in [0.15, 0.2) is 5.75 Å². The van der Waals surface area contributed by atoms with Gasteiger partial charge in [-0.25, -0.2) is 4.39 Å². The molecule has 1 aliphatic rings. The molecule has 1 saturated heterocycles. The number of piperazine rings is 1. The summed E-state index contributed by atoms with van der Waals surface area (Å²) in [6.45, 7) is 3.56. The fraction of sp³-hybridized carbons (Fsp3) is 0.455. The molecule has 5 heteroatoms. The van der Waals surface area contributed by atoms with Gasteiger partial charge in [0.05, 0.1) is 17.3 Å². The Kier molecular flexibility index (Phi) is 3.66. The van der Waals surface area contributed by atoms with Crippen molar-refractivity contribution in [2.45, 2.75) is 0 Å². The molecular weight excluding hydrogens is 275 g/mol. The van der Waals surface area contributed by atoms with Crippen LogP contribution in [0.25, 0.3) is 0 Å². The van der Waals surface area contributed by atoms with E-state index in [4.69, 9.17) is 4.74 Å². The molecule has 1 aliphatic heterocycles. The van der Waals surface area contributed by atoms with E-state index in [-0.39, 0.29) is 5.82 Å². The number of hydrogen-bond acceptors (Lipinski definition) is 3. The summed E-state index contributed by atoms with van der Waals surface area (Å²) in [6.07, 6.45) is 0. The predicted molar refractivity (Wildman–Crippen MR) is 65.7 cm³/mol. The summed E-state index contributed by atoms with van der Waals surface area (Å²) < 4.78 is 19.3. The summed E-state index contributed by atoms with van der Waals surface area (Å²) in [5.41, 5.74) is 0.816. The summed E-state index contributed by atoms with van der Waals surface area (Å²) in [4.78, 5) is 2.13. The van der Waals surface area contributed by atoms with Crippen molar-refractivity contribution in [2.24, 2.45) is 0 Å². The number of halogens is 2. The molecule has 0 atom stereocenters. The number of anilines is 1. The van der Waals surface area contributed by atoms with Crippen molar-refractivity contribution < 1.29 is 9.13 Å². The third kappa shape index (κ3) is 2.30. The van der Waals surface area contributed by atoms with E-state index in [9.17, 15) is 4.39 Å². The first kappa shape index (κ1) is 11.7. The average Bonchev–Trinajstić information content (AvgIpc) is 2.29. The lowest BCUT2D eigenvalue weighted by molar-refractivity contribution is 0.409. The van der Waals surface area contributed by atoms with Crippen molar-refractivity contribution >= 4 is 21.6 Å². The highest BCUT2D eigenvalue weighted by atomic mass is 79.9. The van der Waals surface area contributed by atoms with Crippen LogP contribution >= 0.6 is 15.9 Å². The maximum Gasteiger partial charge on any atom is 0.156 e. The molecule has 1 fully saturated rings. The zero-order valence-electron chi connectivity index (χ0n) is 9.09. The molecule has 1 aromatic carbocycles. The Labute approximate surface area is 103 Å². The van der Waals surface area contributed by atoms with Crippen molar-refractivity contribution in [1.29, 1.82) is 0 Å². The highest BCUT2D eigenvalue weighted by molar-refractivity contribution is 9.10. The van der Waals surface area contributed by atoms with Gasteiger partial charge >= 0.3 is 0 Å². The molecule has 1 N–H and O–H groups in total. The molecule has 0 saturated carbocycles. The minimum atomic E-state index is -0.249. The largest absolute Gasteiger partial charge is 0.493 e. The highest BCUT2D eigenvalue weighted by Crippen LogP contribution is 2.36. The molecule has 0 aromatic heterocycles. The monoisotopic (exact) mass is 288 g/mol. The van der Waals surface area contributed by atoms with Gasteiger partial charge in [0, 0.05) is 32.2 Å². The van der Waals surface area contributed by atoms with Crippen molar-refractivity contribution in [2.75, 3.05) is 38.2 Å². The first-order chi connectivity index (χ1) is 7.72. The Bertz CT molecular complexity index is 380. The molecule has 0 amide bonds. The Balaban J connectivity index is 2.36. The second-order valence-electron chi connectivity index (χ2n) is 3.68. The first-order valence-corrected chi connectivity index (χ1v) is 6.00. The molecule has 3 nitrogen and oxygen atoms in total. The molecule has 88 valence electrons. The normalized spacial score (nSPS) is 16.3. The number of nitrogens with one attached hydrogen (secondary N) is 1. The maximum atomic E-state index is 13.4. The van der Waals surface area contributed by atoms with E-state index in [0.29, 0.717) is 10.2 Å². The van der Waals surface area contributed by atoms with Gasteiger partial charge in [-0.2, -0.15) is 0 Å². The van der Waals surface area contributed by atoms with E-state index in [2.05, 4.69) is 26.1 Å². The van der Waals surface area contributed by atoms with E-state index >= 15 is 0 Å². The average molecular weight is 289 g/mol. The van der Waals surface area contributed by atoms with Crippen LogP contribution in [-0.2, 0) is 0 Å². The SMILES string of the molecule is COc1c(Br)cc(F)cc1N1CCNCC1. The van der Waals surface area contributed by atoms with Gasteiger partial charge in [-0.1, -0.05) is 0 Å². The molecule has 16 heavy (non-hydrogen) atoms. The fourth-order valence-corrected chi connectivity index (χ4v) is 2.47. The zero-order chi connectivity index (χ0) is 11.5. The molecule has 0 radical (unpaired) electrons. The lowest BCUT2D eigenvalue weighted by Crippen LogP contribution is -2.43. The van der Waals surface area contributed by atoms with E-state index in [1.54, 1.807) is 7.11 Å². The summed E-state index contributed by atoms with van der Waals surface area (Å²) >= 11 is 3.32. The van der Waals surface area contributed by atoms with Crippen LogP contribution in [0.1, 0.15) is 0 Å². The van der Waals surface area contributed by atoms with E-state index in [1.165, 1.54) is 12.1 Å². The van der Waals surface area contributed by atoms with Crippen molar-refractivity contribution in [3.05, 3.63) is 22.4 Å². The molecule has 1 aromatic rings. The molecule has 0 spiro atoms. The van der Waals surface area contributed by atoms with Crippen LogP contribution in [0, 0.1) is 5.82 Å². The third-order valence-electron chi connectivity index (χ3n) is 2.65. The summed E-state index contributed by atoms with van der Waals surface area (Å²) in [7, 11) is 1.60. The summed E-state index contributed by atoms with van der Waals surface area (Å²) in [5.74, 6) is 0.449. The highest BCUT2D eigenvalue weighted by Gasteiger charge is 2.18. The van der Waals surface area contributed by atoms with Gasteiger partial charge < -0.3 is 15.0 Å². The van der Waals surface area contributed by atoms with Gasteiger partial charge in [0.1, 0.15) is 5.82 Å². The number of benzene rings is 1.